The SMILES string of the molecule is O=C(Nc1nc2cc3c(cc2s1)OCCO3)C1CCN(c2ccc(Cl)cc2)C1=O. The zero-order chi connectivity index (χ0) is 20.0. The lowest BCUT2D eigenvalue weighted by Crippen LogP contribution is -2.33. The summed E-state index contributed by atoms with van der Waals surface area (Å²) >= 11 is 7.25. The van der Waals surface area contributed by atoms with E-state index >= 15 is 0 Å². The van der Waals surface area contributed by atoms with Crippen molar-refractivity contribution in [3.05, 3.63) is 41.4 Å². The molecule has 148 valence electrons. The van der Waals surface area contributed by atoms with E-state index in [0.29, 0.717) is 47.8 Å². The number of hydrogen-bond donors (Lipinski definition) is 1. The molecule has 7 nitrogen and oxygen atoms in total. The summed E-state index contributed by atoms with van der Waals surface area (Å²) < 4.78 is 12.0. The van der Waals surface area contributed by atoms with Crippen LogP contribution < -0.4 is 19.7 Å². The van der Waals surface area contributed by atoms with E-state index in [2.05, 4.69) is 10.3 Å². The Kier molecular flexibility index (Phi) is 4.52. The largest absolute Gasteiger partial charge is 0.486 e. The molecule has 2 aromatic carbocycles. The Morgan fingerprint density at radius 2 is 1.90 bits per heavy atom. The first-order chi connectivity index (χ1) is 14.1. The second-order valence-corrected chi connectivity index (χ2v) is 8.25. The molecule has 1 N–H and O–H groups in total. The van der Waals surface area contributed by atoms with E-state index in [-0.39, 0.29) is 11.8 Å². The molecule has 0 aliphatic carbocycles. The van der Waals surface area contributed by atoms with Crippen LogP contribution in [0.25, 0.3) is 10.2 Å². The summed E-state index contributed by atoms with van der Waals surface area (Å²) in [4.78, 5) is 31.5. The molecule has 9 heteroatoms. The Hall–Kier alpha value is -2.84. The quantitative estimate of drug-likeness (QED) is 0.642. The van der Waals surface area contributed by atoms with Crippen LogP contribution in [0.4, 0.5) is 10.8 Å². The van der Waals surface area contributed by atoms with Gasteiger partial charge in [-0.05, 0) is 30.7 Å². The van der Waals surface area contributed by atoms with Gasteiger partial charge in [-0.15, -0.1) is 0 Å². The normalized spacial score (nSPS) is 18.3. The summed E-state index contributed by atoms with van der Waals surface area (Å²) in [6, 6.07) is 10.7. The van der Waals surface area contributed by atoms with Gasteiger partial charge in [-0.2, -0.15) is 0 Å². The molecule has 1 saturated heterocycles. The van der Waals surface area contributed by atoms with Crippen molar-refractivity contribution in [2.45, 2.75) is 6.42 Å². The molecule has 0 radical (unpaired) electrons. The Labute approximate surface area is 175 Å². The maximum atomic E-state index is 12.8. The van der Waals surface area contributed by atoms with E-state index in [4.69, 9.17) is 21.1 Å². The molecule has 3 heterocycles. The van der Waals surface area contributed by atoms with Gasteiger partial charge in [0.1, 0.15) is 19.1 Å². The molecule has 2 aliphatic heterocycles. The highest BCUT2D eigenvalue weighted by Crippen LogP contribution is 2.38. The van der Waals surface area contributed by atoms with Crippen LogP contribution in [0.5, 0.6) is 11.5 Å². The van der Waals surface area contributed by atoms with Gasteiger partial charge in [0.15, 0.2) is 16.6 Å². The molecular weight excluding hydrogens is 414 g/mol. The molecule has 29 heavy (non-hydrogen) atoms. The number of fused-ring (bicyclic) bond motifs is 2. The average Bonchev–Trinajstić information content (AvgIpc) is 3.29. The van der Waals surface area contributed by atoms with Gasteiger partial charge in [0, 0.05) is 29.4 Å². The summed E-state index contributed by atoms with van der Waals surface area (Å²) in [6.45, 7) is 1.49. The minimum absolute atomic E-state index is 0.219. The smallest absolute Gasteiger partial charge is 0.239 e. The third-order valence-electron chi connectivity index (χ3n) is 4.94. The van der Waals surface area contributed by atoms with E-state index in [1.54, 1.807) is 35.2 Å². The van der Waals surface area contributed by atoms with Crippen LogP contribution in [0.3, 0.4) is 0 Å². The second kappa shape index (κ2) is 7.20. The predicted octanol–water partition coefficient (Wildman–Crippen LogP) is 3.71. The second-order valence-electron chi connectivity index (χ2n) is 6.78. The van der Waals surface area contributed by atoms with E-state index in [0.717, 1.165) is 15.9 Å². The molecule has 1 unspecified atom stereocenters. The van der Waals surface area contributed by atoms with E-state index in [1.807, 2.05) is 6.07 Å². The minimum Gasteiger partial charge on any atom is -0.486 e. The Balaban J connectivity index is 1.32. The number of rotatable bonds is 3. The number of aromatic nitrogens is 1. The standard InChI is InChI=1S/C20H16ClN3O4S/c21-11-1-3-12(4-2-11)24-6-5-13(19(24)26)18(25)23-20-22-14-9-15-16(10-17(14)29-20)28-8-7-27-15/h1-4,9-10,13H,5-8H2,(H,22,23,25). The maximum absolute atomic E-state index is 12.8. The van der Waals surface area contributed by atoms with Crippen LogP contribution in [0.2, 0.25) is 5.02 Å². The molecule has 1 aromatic heterocycles. The Bertz CT molecular complexity index is 1070. The highest BCUT2D eigenvalue weighted by molar-refractivity contribution is 7.22. The lowest BCUT2D eigenvalue weighted by Gasteiger charge is -2.17. The van der Waals surface area contributed by atoms with Crippen molar-refractivity contribution in [2.75, 3.05) is 30.0 Å². The number of anilines is 2. The summed E-state index contributed by atoms with van der Waals surface area (Å²) in [5.74, 6) is 0.0231. The van der Waals surface area contributed by atoms with Gasteiger partial charge >= 0.3 is 0 Å². The molecule has 0 spiro atoms. The number of carbonyl (C=O) groups excluding carboxylic acids is 2. The summed E-state index contributed by atoms with van der Waals surface area (Å²) in [6.07, 6.45) is 0.453. The number of halogens is 1. The van der Waals surface area contributed by atoms with Crippen molar-refractivity contribution in [1.82, 2.24) is 4.98 Å². The first-order valence-electron chi connectivity index (χ1n) is 9.16. The number of nitrogens with zero attached hydrogens (tertiary/aromatic N) is 2. The van der Waals surface area contributed by atoms with Gasteiger partial charge < -0.3 is 19.7 Å². The first kappa shape index (κ1) is 18.2. The van der Waals surface area contributed by atoms with Crippen molar-refractivity contribution >= 4 is 55.8 Å². The van der Waals surface area contributed by atoms with Crippen molar-refractivity contribution in [1.29, 1.82) is 0 Å². The molecule has 0 bridgehead atoms. The van der Waals surface area contributed by atoms with Crippen molar-refractivity contribution in [3.63, 3.8) is 0 Å². The Morgan fingerprint density at radius 1 is 1.17 bits per heavy atom. The first-order valence-corrected chi connectivity index (χ1v) is 10.4. The van der Waals surface area contributed by atoms with E-state index < -0.39 is 5.92 Å². The van der Waals surface area contributed by atoms with Gasteiger partial charge in [-0.1, -0.05) is 22.9 Å². The topological polar surface area (TPSA) is 80.8 Å². The van der Waals surface area contributed by atoms with Crippen LogP contribution in [-0.2, 0) is 9.59 Å². The number of thiazole rings is 1. The number of carbonyl (C=O) groups is 2. The molecule has 1 atom stereocenters. The Morgan fingerprint density at radius 3 is 2.66 bits per heavy atom. The zero-order valence-corrected chi connectivity index (χ0v) is 16.8. The van der Waals surface area contributed by atoms with Gasteiger partial charge in [-0.25, -0.2) is 4.98 Å². The van der Waals surface area contributed by atoms with Crippen molar-refractivity contribution in [3.8, 4) is 11.5 Å². The number of amides is 2. The molecule has 0 saturated carbocycles. The average molecular weight is 430 g/mol. The fourth-order valence-corrected chi connectivity index (χ4v) is 4.52. The highest BCUT2D eigenvalue weighted by atomic mass is 35.5. The number of hydrogen-bond acceptors (Lipinski definition) is 6. The third kappa shape index (κ3) is 3.38. The van der Waals surface area contributed by atoms with Gasteiger partial charge in [-0.3, -0.25) is 9.59 Å². The van der Waals surface area contributed by atoms with Crippen molar-refractivity contribution < 1.29 is 19.1 Å². The van der Waals surface area contributed by atoms with Crippen molar-refractivity contribution in [2.24, 2.45) is 5.92 Å². The van der Waals surface area contributed by atoms with Gasteiger partial charge in [0.05, 0.1) is 10.2 Å². The summed E-state index contributed by atoms with van der Waals surface area (Å²) in [5.41, 5.74) is 1.45. The van der Waals surface area contributed by atoms with E-state index in [9.17, 15) is 9.59 Å². The van der Waals surface area contributed by atoms with E-state index in [1.165, 1.54) is 11.3 Å². The maximum Gasteiger partial charge on any atom is 0.239 e. The van der Waals surface area contributed by atoms with Crippen LogP contribution in [0, 0.1) is 5.92 Å². The third-order valence-corrected chi connectivity index (χ3v) is 6.13. The lowest BCUT2D eigenvalue weighted by molar-refractivity contribution is -0.129. The molecule has 3 aromatic rings. The fraction of sp³-hybridized carbons (Fsp3) is 0.250. The zero-order valence-electron chi connectivity index (χ0n) is 15.2. The summed E-state index contributed by atoms with van der Waals surface area (Å²) in [7, 11) is 0. The van der Waals surface area contributed by atoms with Gasteiger partial charge in [0.2, 0.25) is 11.8 Å². The molecule has 2 aliphatic rings. The van der Waals surface area contributed by atoms with Crippen LogP contribution in [-0.4, -0.2) is 36.6 Å². The summed E-state index contributed by atoms with van der Waals surface area (Å²) in [5, 5.41) is 3.84. The lowest BCUT2D eigenvalue weighted by atomic mass is 10.1. The van der Waals surface area contributed by atoms with Crippen LogP contribution >= 0.6 is 22.9 Å². The number of benzene rings is 2. The highest BCUT2D eigenvalue weighted by Gasteiger charge is 2.38. The monoisotopic (exact) mass is 429 g/mol. The number of ether oxygens (including phenoxy) is 2. The molecular formula is C20H16ClN3O4S. The molecule has 5 rings (SSSR count). The van der Waals surface area contributed by atoms with Gasteiger partial charge in [0.25, 0.3) is 0 Å². The number of nitrogens with one attached hydrogen (secondary N) is 1. The predicted molar refractivity (Wildman–Crippen MR) is 111 cm³/mol. The fourth-order valence-electron chi connectivity index (χ4n) is 3.51. The van der Waals surface area contributed by atoms with Crippen LogP contribution in [0.15, 0.2) is 36.4 Å². The minimum atomic E-state index is -0.738. The molecule has 1 fully saturated rings. The van der Waals surface area contributed by atoms with Crippen LogP contribution in [0.1, 0.15) is 6.42 Å². The molecule has 2 amide bonds.